The van der Waals surface area contributed by atoms with Crippen LogP contribution in [-0.4, -0.2) is 21.3 Å². The lowest BCUT2D eigenvalue weighted by molar-refractivity contribution is -0.137. The first-order valence-electron chi connectivity index (χ1n) is 4.62. The Morgan fingerprint density at radius 1 is 1.50 bits per heavy atom. The van der Waals surface area contributed by atoms with Crippen molar-refractivity contribution in [3.05, 3.63) is 21.2 Å². The Bertz CT molecular complexity index is 398. The summed E-state index contributed by atoms with van der Waals surface area (Å²) in [5, 5.41) is 9.29. The highest BCUT2D eigenvalue weighted by Crippen LogP contribution is 2.33. The molecule has 0 aliphatic carbocycles. The normalized spacial score (nSPS) is 12.8. The molecule has 0 aliphatic rings. The van der Waals surface area contributed by atoms with E-state index in [9.17, 15) is 4.79 Å². The first-order chi connectivity index (χ1) is 7.41. The van der Waals surface area contributed by atoms with Crippen LogP contribution in [0.1, 0.15) is 13.8 Å². The summed E-state index contributed by atoms with van der Waals surface area (Å²) in [5.74, 6) is -0.753. The molecule has 0 fully saturated rings. The van der Waals surface area contributed by atoms with Crippen LogP contribution in [0.5, 0.6) is 0 Å². The summed E-state index contributed by atoms with van der Waals surface area (Å²) in [6.45, 7) is 3.77. The number of aliphatic carboxylic acids is 1. The van der Waals surface area contributed by atoms with E-state index in [0.29, 0.717) is 5.03 Å². The molecule has 1 heterocycles. The van der Waals surface area contributed by atoms with Crippen LogP contribution in [-0.2, 0) is 4.79 Å². The molecule has 0 bridgehead atoms. The molecule has 1 unspecified atom stereocenters. The fraction of sp³-hybridized carbons (Fsp3) is 0.400. The largest absolute Gasteiger partial charge is 0.480 e. The van der Waals surface area contributed by atoms with Crippen molar-refractivity contribution in [1.29, 1.82) is 0 Å². The molecule has 1 aromatic rings. The lowest BCUT2D eigenvalue weighted by atomic mass is 10.1. The minimum atomic E-state index is -0.809. The van der Waals surface area contributed by atoms with Crippen LogP contribution in [0.3, 0.4) is 0 Å². The Morgan fingerprint density at radius 2 is 2.12 bits per heavy atom. The first-order valence-corrected chi connectivity index (χ1v) is 7.09. The average Bonchev–Trinajstić information content (AvgIpc) is 2.15. The van der Waals surface area contributed by atoms with Crippen molar-refractivity contribution in [2.24, 2.45) is 5.92 Å². The molecular weight excluding hydrogens is 358 g/mol. The van der Waals surface area contributed by atoms with Gasteiger partial charge in [0.25, 0.3) is 0 Å². The van der Waals surface area contributed by atoms with Crippen LogP contribution < -0.4 is 0 Å². The van der Waals surface area contributed by atoms with Gasteiger partial charge in [-0.25, -0.2) is 4.98 Å². The van der Waals surface area contributed by atoms with Gasteiger partial charge in [0, 0.05) is 10.7 Å². The summed E-state index contributed by atoms with van der Waals surface area (Å²) < 4.78 is 1.67. The van der Waals surface area contributed by atoms with E-state index >= 15 is 0 Å². The molecule has 1 N–H and O–H groups in total. The molecule has 3 nitrogen and oxygen atoms in total. The second-order valence-electron chi connectivity index (χ2n) is 3.56. The number of carbonyl (C=O) groups is 1. The lowest BCUT2D eigenvalue weighted by Gasteiger charge is -2.15. The Kier molecular flexibility index (Phi) is 5.27. The highest BCUT2D eigenvalue weighted by Gasteiger charge is 2.24. The molecule has 0 aliphatic heterocycles. The van der Waals surface area contributed by atoms with Gasteiger partial charge in [0.2, 0.25) is 0 Å². The van der Waals surface area contributed by atoms with Gasteiger partial charge in [0.1, 0.15) is 10.3 Å². The molecule has 6 heteroatoms. The Hall–Kier alpha value is -0.0700. The van der Waals surface area contributed by atoms with Gasteiger partial charge in [0.05, 0.1) is 4.47 Å². The number of carboxylic acid groups (broad SMARTS) is 1. The van der Waals surface area contributed by atoms with Gasteiger partial charge >= 0.3 is 5.97 Å². The van der Waals surface area contributed by atoms with Crippen LogP contribution in [0.4, 0.5) is 0 Å². The molecule has 0 amide bonds. The molecule has 0 aromatic carbocycles. The summed E-state index contributed by atoms with van der Waals surface area (Å²) in [6, 6.07) is 1.86. The summed E-state index contributed by atoms with van der Waals surface area (Å²) in [7, 11) is 0. The highest BCUT2D eigenvalue weighted by atomic mass is 79.9. The third-order valence-corrected chi connectivity index (χ3v) is 4.71. The molecular formula is C10H11Br2NO2S. The van der Waals surface area contributed by atoms with Gasteiger partial charge in [-0.1, -0.05) is 25.6 Å². The van der Waals surface area contributed by atoms with Crippen molar-refractivity contribution in [1.82, 2.24) is 4.98 Å². The van der Waals surface area contributed by atoms with E-state index in [1.165, 1.54) is 11.8 Å². The number of pyridine rings is 1. The van der Waals surface area contributed by atoms with Crippen LogP contribution >= 0.6 is 43.6 Å². The van der Waals surface area contributed by atoms with Gasteiger partial charge < -0.3 is 5.11 Å². The van der Waals surface area contributed by atoms with Gasteiger partial charge in [-0.3, -0.25) is 4.79 Å². The standard InChI is InChI=1S/C10H11Br2NO2S/c1-5(2)8(10(14)15)16-9-7(12)3-6(11)4-13-9/h3-5,8H,1-2H3,(H,14,15). The molecule has 16 heavy (non-hydrogen) atoms. The first kappa shape index (κ1) is 14.0. The van der Waals surface area contributed by atoms with Crippen molar-refractivity contribution >= 4 is 49.6 Å². The van der Waals surface area contributed by atoms with E-state index in [-0.39, 0.29) is 5.92 Å². The summed E-state index contributed by atoms with van der Waals surface area (Å²) >= 11 is 7.93. The number of aromatic nitrogens is 1. The maximum absolute atomic E-state index is 11.1. The van der Waals surface area contributed by atoms with Crippen molar-refractivity contribution in [3.8, 4) is 0 Å². The Labute approximate surface area is 115 Å². The van der Waals surface area contributed by atoms with Crippen LogP contribution in [0, 0.1) is 5.92 Å². The average molecular weight is 369 g/mol. The molecule has 1 atom stereocenters. The van der Waals surface area contributed by atoms with Crippen LogP contribution in [0.25, 0.3) is 0 Å². The number of halogens is 2. The summed E-state index contributed by atoms with van der Waals surface area (Å²) in [4.78, 5) is 15.2. The summed E-state index contributed by atoms with van der Waals surface area (Å²) in [5.41, 5.74) is 0. The summed E-state index contributed by atoms with van der Waals surface area (Å²) in [6.07, 6.45) is 1.66. The second-order valence-corrected chi connectivity index (χ2v) is 6.46. The number of carboxylic acids is 1. The highest BCUT2D eigenvalue weighted by molar-refractivity contribution is 9.11. The zero-order chi connectivity index (χ0) is 12.3. The van der Waals surface area contributed by atoms with Gasteiger partial charge in [-0.2, -0.15) is 0 Å². The molecule has 0 saturated carbocycles. The molecule has 0 radical (unpaired) electrons. The van der Waals surface area contributed by atoms with Crippen molar-refractivity contribution in [2.45, 2.75) is 24.1 Å². The maximum Gasteiger partial charge on any atom is 0.317 e. The Morgan fingerprint density at radius 3 is 2.56 bits per heavy atom. The zero-order valence-electron chi connectivity index (χ0n) is 8.78. The van der Waals surface area contributed by atoms with E-state index in [2.05, 4.69) is 36.8 Å². The molecule has 0 saturated heterocycles. The predicted molar refractivity (Wildman–Crippen MR) is 71.8 cm³/mol. The van der Waals surface area contributed by atoms with Gasteiger partial charge in [0.15, 0.2) is 0 Å². The van der Waals surface area contributed by atoms with Gasteiger partial charge in [-0.15, -0.1) is 0 Å². The van der Waals surface area contributed by atoms with Crippen molar-refractivity contribution in [2.75, 3.05) is 0 Å². The second kappa shape index (κ2) is 6.02. The molecule has 88 valence electrons. The van der Waals surface area contributed by atoms with Crippen molar-refractivity contribution in [3.63, 3.8) is 0 Å². The van der Waals surface area contributed by atoms with E-state index in [4.69, 9.17) is 5.11 Å². The minimum absolute atomic E-state index is 0.0554. The topological polar surface area (TPSA) is 50.2 Å². The maximum atomic E-state index is 11.1. The van der Waals surface area contributed by atoms with E-state index in [0.717, 1.165) is 8.95 Å². The van der Waals surface area contributed by atoms with Crippen molar-refractivity contribution < 1.29 is 9.90 Å². The third-order valence-electron chi connectivity index (χ3n) is 1.86. The van der Waals surface area contributed by atoms with E-state index in [1.807, 2.05) is 19.9 Å². The van der Waals surface area contributed by atoms with E-state index in [1.54, 1.807) is 6.20 Å². The minimum Gasteiger partial charge on any atom is -0.480 e. The number of nitrogens with zero attached hydrogens (tertiary/aromatic N) is 1. The quantitative estimate of drug-likeness (QED) is 0.821. The van der Waals surface area contributed by atoms with Crippen LogP contribution in [0.15, 0.2) is 26.2 Å². The lowest BCUT2D eigenvalue weighted by Crippen LogP contribution is -2.22. The molecule has 1 aromatic heterocycles. The fourth-order valence-electron chi connectivity index (χ4n) is 1.08. The van der Waals surface area contributed by atoms with E-state index < -0.39 is 11.2 Å². The number of hydrogen-bond acceptors (Lipinski definition) is 3. The smallest absolute Gasteiger partial charge is 0.317 e. The zero-order valence-corrected chi connectivity index (χ0v) is 12.8. The molecule has 1 rings (SSSR count). The number of rotatable bonds is 4. The SMILES string of the molecule is CC(C)C(Sc1ncc(Br)cc1Br)C(=O)O. The van der Waals surface area contributed by atoms with Crippen LogP contribution in [0.2, 0.25) is 0 Å². The fourth-order valence-corrected chi connectivity index (χ4v) is 3.25. The number of hydrogen-bond donors (Lipinski definition) is 1. The third kappa shape index (κ3) is 3.75. The Balaban J connectivity index is 2.90. The monoisotopic (exact) mass is 367 g/mol. The number of thioether (sulfide) groups is 1. The molecule has 0 spiro atoms. The predicted octanol–water partition coefficient (Wildman–Crippen LogP) is 3.81. The van der Waals surface area contributed by atoms with Gasteiger partial charge in [-0.05, 0) is 43.8 Å².